The van der Waals surface area contributed by atoms with Crippen molar-refractivity contribution in [1.29, 1.82) is 0 Å². The summed E-state index contributed by atoms with van der Waals surface area (Å²) in [6, 6.07) is 0. The molecule has 0 radical (unpaired) electrons. The van der Waals surface area contributed by atoms with Gasteiger partial charge in [-0.2, -0.15) is 0 Å². The molecule has 0 spiro atoms. The van der Waals surface area contributed by atoms with Crippen LogP contribution in [0.3, 0.4) is 0 Å². The Hall–Kier alpha value is -0.920. The van der Waals surface area contributed by atoms with Crippen LogP contribution < -0.4 is 0 Å². The highest BCUT2D eigenvalue weighted by atomic mass is 32.1. The Morgan fingerprint density at radius 1 is 1.90 bits per heavy atom. The Balaban J connectivity index is 2.99. The molecule has 4 heteroatoms. The van der Waals surface area contributed by atoms with Crippen LogP contribution in [0.2, 0.25) is 0 Å². The Bertz CT molecular complexity index is 247. The average molecular weight is 154 g/mol. The van der Waals surface area contributed by atoms with Crippen LogP contribution in [0.4, 0.5) is 0 Å². The Kier molecular flexibility index (Phi) is 1.70. The van der Waals surface area contributed by atoms with E-state index >= 15 is 0 Å². The molecule has 1 aromatic rings. The second-order valence-electron chi connectivity index (χ2n) is 1.96. The minimum absolute atomic E-state index is 0.454. The molecule has 1 rings (SSSR count). The summed E-state index contributed by atoms with van der Waals surface area (Å²) in [6.45, 7) is 1.51. The lowest BCUT2D eigenvalue weighted by molar-refractivity contribution is 0.121. The Morgan fingerprint density at radius 2 is 2.60 bits per heavy atom. The Morgan fingerprint density at radius 3 is 3.00 bits per heavy atom. The van der Waals surface area contributed by atoms with Gasteiger partial charge in [0.25, 0.3) is 0 Å². The first-order chi connectivity index (χ1) is 4.67. The molecular weight excluding hydrogens is 148 g/mol. The van der Waals surface area contributed by atoms with E-state index in [1.165, 1.54) is 23.8 Å². The largest absolute Gasteiger partial charge is 0.371 e. The molecule has 0 aromatic carbocycles. The van der Waals surface area contributed by atoms with Gasteiger partial charge in [-0.25, -0.2) is 0 Å². The third-order valence-corrected chi connectivity index (χ3v) is 1.96. The third-order valence-electron chi connectivity index (χ3n) is 1.06. The van der Waals surface area contributed by atoms with Crippen LogP contribution in [0, 0.1) is 12.3 Å². The first-order valence-corrected chi connectivity index (χ1v) is 3.51. The van der Waals surface area contributed by atoms with Gasteiger partial charge < -0.3 is 5.11 Å². The van der Waals surface area contributed by atoms with Crippen molar-refractivity contribution in [3.8, 4) is 12.3 Å². The van der Waals surface area contributed by atoms with Crippen LogP contribution in [0.25, 0.3) is 0 Å². The molecule has 1 N–H and O–H groups in total. The van der Waals surface area contributed by atoms with E-state index in [4.69, 9.17) is 6.42 Å². The molecule has 0 fully saturated rings. The molecule has 52 valence electrons. The fraction of sp³-hybridized carbons (Fsp3) is 0.333. The van der Waals surface area contributed by atoms with Crippen molar-refractivity contribution in [1.82, 2.24) is 10.2 Å². The molecule has 1 atom stereocenters. The monoisotopic (exact) mass is 154 g/mol. The van der Waals surface area contributed by atoms with Gasteiger partial charge >= 0.3 is 0 Å². The van der Waals surface area contributed by atoms with Crippen molar-refractivity contribution in [2.24, 2.45) is 0 Å². The second-order valence-corrected chi connectivity index (χ2v) is 2.79. The molecule has 0 unspecified atom stereocenters. The quantitative estimate of drug-likeness (QED) is 0.595. The number of hydrogen-bond acceptors (Lipinski definition) is 4. The van der Waals surface area contributed by atoms with E-state index in [1.807, 2.05) is 0 Å². The normalized spacial score (nSPS) is 15.7. The molecule has 0 aliphatic heterocycles. The maximum Gasteiger partial charge on any atom is 0.176 e. The zero-order chi connectivity index (χ0) is 7.61. The molecular formula is C6H6N2OS. The van der Waals surface area contributed by atoms with E-state index in [2.05, 4.69) is 16.1 Å². The number of hydrogen-bond donors (Lipinski definition) is 1. The van der Waals surface area contributed by atoms with E-state index in [0.29, 0.717) is 5.01 Å². The maximum absolute atomic E-state index is 9.36. The van der Waals surface area contributed by atoms with Crippen LogP contribution in [-0.2, 0) is 5.60 Å². The lowest BCUT2D eigenvalue weighted by atomic mass is 10.1. The van der Waals surface area contributed by atoms with E-state index < -0.39 is 5.60 Å². The van der Waals surface area contributed by atoms with Crippen molar-refractivity contribution in [2.45, 2.75) is 12.5 Å². The van der Waals surface area contributed by atoms with Gasteiger partial charge in [-0.15, -0.1) is 28.0 Å². The first kappa shape index (κ1) is 7.19. The first-order valence-electron chi connectivity index (χ1n) is 2.63. The average Bonchev–Trinajstić information content (AvgIpc) is 2.38. The summed E-state index contributed by atoms with van der Waals surface area (Å²) in [5.74, 6) is 2.21. The van der Waals surface area contributed by atoms with E-state index in [-0.39, 0.29) is 0 Å². The van der Waals surface area contributed by atoms with Gasteiger partial charge in [0.1, 0.15) is 5.51 Å². The molecule has 0 aliphatic rings. The predicted molar refractivity (Wildman–Crippen MR) is 38.3 cm³/mol. The maximum atomic E-state index is 9.36. The molecule has 0 aliphatic carbocycles. The van der Waals surface area contributed by atoms with Gasteiger partial charge in [-0.3, -0.25) is 0 Å². The summed E-state index contributed by atoms with van der Waals surface area (Å²) in [7, 11) is 0. The summed E-state index contributed by atoms with van der Waals surface area (Å²) in [5, 5.41) is 17.0. The predicted octanol–water partition coefficient (Wildman–Crippen LogP) is 0.379. The van der Waals surface area contributed by atoms with Crippen molar-refractivity contribution in [2.75, 3.05) is 0 Å². The van der Waals surface area contributed by atoms with Crippen LogP contribution in [0.15, 0.2) is 5.51 Å². The summed E-state index contributed by atoms with van der Waals surface area (Å²) in [5.41, 5.74) is 0.266. The van der Waals surface area contributed by atoms with Gasteiger partial charge in [0, 0.05) is 0 Å². The molecule has 0 saturated carbocycles. The zero-order valence-electron chi connectivity index (χ0n) is 5.40. The van der Waals surface area contributed by atoms with Crippen molar-refractivity contribution in [3.05, 3.63) is 10.5 Å². The van der Waals surface area contributed by atoms with E-state index in [9.17, 15) is 5.11 Å². The van der Waals surface area contributed by atoms with Crippen molar-refractivity contribution < 1.29 is 5.11 Å². The van der Waals surface area contributed by atoms with Crippen LogP contribution in [0.1, 0.15) is 11.9 Å². The number of nitrogens with zero attached hydrogens (tertiary/aromatic N) is 2. The van der Waals surface area contributed by atoms with Crippen LogP contribution >= 0.6 is 11.3 Å². The topological polar surface area (TPSA) is 46.0 Å². The summed E-state index contributed by atoms with van der Waals surface area (Å²) < 4.78 is 0. The molecule has 10 heavy (non-hydrogen) atoms. The molecule has 1 aromatic heterocycles. The molecule has 0 bridgehead atoms. The lowest BCUT2D eigenvalue weighted by Gasteiger charge is -2.09. The lowest BCUT2D eigenvalue weighted by Crippen LogP contribution is -2.17. The number of aliphatic hydroxyl groups is 1. The summed E-state index contributed by atoms with van der Waals surface area (Å²) in [4.78, 5) is 0. The highest BCUT2D eigenvalue weighted by Gasteiger charge is 2.22. The number of rotatable bonds is 1. The number of aromatic nitrogens is 2. The van der Waals surface area contributed by atoms with E-state index in [0.717, 1.165) is 0 Å². The second kappa shape index (κ2) is 2.37. The third kappa shape index (κ3) is 1.15. The fourth-order valence-corrected chi connectivity index (χ4v) is 1.02. The van der Waals surface area contributed by atoms with Gasteiger partial charge in [-0.1, -0.05) is 5.92 Å². The van der Waals surface area contributed by atoms with Gasteiger partial charge in [0.2, 0.25) is 0 Å². The summed E-state index contributed by atoms with van der Waals surface area (Å²) >= 11 is 1.24. The minimum atomic E-state index is -1.26. The van der Waals surface area contributed by atoms with Crippen molar-refractivity contribution in [3.63, 3.8) is 0 Å². The fourth-order valence-electron chi connectivity index (χ4n) is 0.447. The van der Waals surface area contributed by atoms with Gasteiger partial charge in [0.05, 0.1) is 0 Å². The van der Waals surface area contributed by atoms with Gasteiger partial charge in [0.15, 0.2) is 10.6 Å². The molecule has 3 nitrogen and oxygen atoms in total. The zero-order valence-corrected chi connectivity index (χ0v) is 6.22. The van der Waals surface area contributed by atoms with Crippen LogP contribution in [0.5, 0.6) is 0 Å². The van der Waals surface area contributed by atoms with Crippen LogP contribution in [-0.4, -0.2) is 15.3 Å². The number of terminal acetylenes is 1. The molecule has 1 heterocycles. The molecule has 0 amide bonds. The highest BCUT2D eigenvalue weighted by molar-refractivity contribution is 7.09. The summed E-state index contributed by atoms with van der Waals surface area (Å²) in [6.07, 6.45) is 5.04. The van der Waals surface area contributed by atoms with Crippen molar-refractivity contribution >= 4 is 11.3 Å². The smallest absolute Gasteiger partial charge is 0.176 e. The minimum Gasteiger partial charge on any atom is -0.371 e. The highest BCUT2D eigenvalue weighted by Crippen LogP contribution is 2.19. The Labute approximate surface area is 62.7 Å². The van der Waals surface area contributed by atoms with Gasteiger partial charge in [-0.05, 0) is 6.92 Å². The molecule has 0 saturated heterocycles. The standard InChI is InChI=1S/C6H6N2OS/c1-3-6(2,9)5-8-7-4-10-5/h1,4,9H,2H3/t6-/m0/s1. The SMILES string of the molecule is C#C[C@](C)(O)c1nncs1. The van der Waals surface area contributed by atoms with E-state index in [1.54, 1.807) is 0 Å².